The molecule has 1 saturated heterocycles. The number of rotatable bonds is 3. The molecule has 0 unspecified atom stereocenters. The second-order valence-corrected chi connectivity index (χ2v) is 3.28. The molecular weight excluding hydrogens is 198 g/mol. The molecule has 1 fully saturated rings. The zero-order valence-corrected chi connectivity index (χ0v) is 7.84. The molecule has 2 rings (SSSR count). The number of anilines is 1. The summed E-state index contributed by atoms with van der Waals surface area (Å²) in [6.45, 7) is 1.45. The average Bonchev–Trinajstić information content (AvgIpc) is 2.99. The Kier molecular flexibility index (Phi) is 2.03. The number of primary amides is 1. The number of benzene rings is 1. The highest BCUT2D eigenvalue weighted by Crippen LogP contribution is 2.35. The van der Waals surface area contributed by atoms with Crippen molar-refractivity contribution >= 4 is 17.3 Å². The summed E-state index contributed by atoms with van der Waals surface area (Å²) in [5.74, 6) is -0.638. The van der Waals surface area contributed by atoms with Crippen LogP contribution in [0.4, 0.5) is 11.4 Å². The van der Waals surface area contributed by atoms with Gasteiger partial charge in [-0.05, 0) is 6.07 Å². The van der Waals surface area contributed by atoms with Crippen molar-refractivity contribution in [2.45, 2.75) is 0 Å². The molecule has 1 aromatic rings. The van der Waals surface area contributed by atoms with Gasteiger partial charge in [-0.25, -0.2) is 0 Å². The Morgan fingerprint density at radius 2 is 2.13 bits per heavy atom. The normalized spacial score (nSPS) is 13.7. The van der Waals surface area contributed by atoms with E-state index in [4.69, 9.17) is 5.73 Å². The standard InChI is InChI=1S/C9H9N3O3/c10-9(13)6-2-1-3-7(12(14)15)8(6)11-4-5-11/h1-3H,4-5H2,(H2,10,13). The summed E-state index contributed by atoms with van der Waals surface area (Å²) in [4.78, 5) is 23.1. The Balaban J connectivity index is 2.60. The van der Waals surface area contributed by atoms with Crippen molar-refractivity contribution in [2.24, 2.45) is 5.73 Å². The fourth-order valence-corrected chi connectivity index (χ4v) is 1.48. The Bertz CT molecular complexity index is 408. The first-order chi connectivity index (χ1) is 7.11. The third-order valence-electron chi connectivity index (χ3n) is 2.24. The van der Waals surface area contributed by atoms with Crippen LogP contribution in [0.25, 0.3) is 0 Å². The predicted molar refractivity (Wildman–Crippen MR) is 53.8 cm³/mol. The monoisotopic (exact) mass is 207 g/mol. The lowest BCUT2D eigenvalue weighted by molar-refractivity contribution is -0.384. The number of nitrogens with two attached hydrogens (primary N) is 1. The topological polar surface area (TPSA) is 89.2 Å². The predicted octanol–water partition coefficient (Wildman–Crippen LogP) is 0.514. The zero-order valence-electron chi connectivity index (χ0n) is 7.84. The first kappa shape index (κ1) is 9.45. The summed E-state index contributed by atoms with van der Waals surface area (Å²) >= 11 is 0. The summed E-state index contributed by atoms with van der Waals surface area (Å²) in [7, 11) is 0. The van der Waals surface area contributed by atoms with Gasteiger partial charge in [-0.15, -0.1) is 0 Å². The summed E-state index contributed by atoms with van der Waals surface area (Å²) < 4.78 is 0. The molecule has 78 valence electrons. The third kappa shape index (κ3) is 1.61. The van der Waals surface area contributed by atoms with E-state index in [1.807, 2.05) is 0 Å². The molecule has 1 aromatic carbocycles. The number of amides is 1. The Hall–Kier alpha value is -2.11. The van der Waals surface area contributed by atoms with Gasteiger partial charge in [0.2, 0.25) is 0 Å². The number of hydrogen-bond donors (Lipinski definition) is 1. The summed E-state index contributed by atoms with van der Waals surface area (Å²) in [5.41, 5.74) is 5.65. The summed E-state index contributed by atoms with van der Waals surface area (Å²) in [6.07, 6.45) is 0. The molecule has 15 heavy (non-hydrogen) atoms. The molecule has 1 aliphatic rings. The maximum Gasteiger partial charge on any atom is 0.293 e. The van der Waals surface area contributed by atoms with Gasteiger partial charge in [0.1, 0.15) is 5.69 Å². The van der Waals surface area contributed by atoms with E-state index >= 15 is 0 Å². The van der Waals surface area contributed by atoms with Crippen LogP contribution in [0.2, 0.25) is 0 Å². The van der Waals surface area contributed by atoms with E-state index in [0.717, 1.165) is 13.1 Å². The van der Waals surface area contributed by atoms with Gasteiger partial charge in [0.25, 0.3) is 11.6 Å². The molecule has 0 aromatic heterocycles. The van der Waals surface area contributed by atoms with Gasteiger partial charge in [-0.2, -0.15) is 0 Å². The van der Waals surface area contributed by atoms with Crippen molar-refractivity contribution in [3.63, 3.8) is 0 Å². The number of para-hydroxylation sites is 1. The van der Waals surface area contributed by atoms with Gasteiger partial charge >= 0.3 is 0 Å². The van der Waals surface area contributed by atoms with Crippen LogP contribution in [-0.4, -0.2) is 23.9 Å². The van der Waals surface area contributed by atoms with Gasteiger partial charge in [0.15, 0.2) is 0 Å². The minimum Gasteiger partial charge on any atom is -0.366 e. The number of nitro benzene ring substituents is 1. The van der Waals surface area contributed by atoms with Crippen LogP contribution in [0, 0.1) is 10.1 Å². The fraction of sp³-hybridized carbons (Fsp3) is 0.222. The molecule has 1 heterocycles. The minimum absolute atomic E-state index is 0.0659. The highest BCUT2D eigenvalue weighted by atomic mass is 16.6. The highest BCUT2D eigenvalue weighted by Gasteiger charge is 2.30. The third-order valence-corrected chi connectivity index (χ3v) is 2.24. The van der Waals surface area contributed by atoms with Crippen LogP contribution in [-0.2, 0) is 0 Å². The smallest absolute Gasteiger partial charge is 0.293 e. The molecule has 2 N–H and O–H groups in total. The van der Waals surface area contributed by atoms with Crippen molar-refractivity contribution in [1.29, 1.82) is 0 Å². The lowest BCUT2D eigenvalue weighted by atomic mass is 10.1. The molecule has 0 saturated carbocycles. The maximum atomic E-state index is 11.1. The summed E-state index contributed by atoms with van der Waals surface area (Å²) in [6, 6.07) is 4.34. The van der Waals surface area contributed by atoms with Gasteiger partial charge < -0.3 is 10.6 Å². The molecule has 0 spiro atoms. The van der Waals surface area contributed by atoms with E-state index in [9.17, 15) is 14.9 Å². The van der Waals surface area contributed by atoms with Gasteiger partial charge in [0, 0.05) is 19.2 Å². The quantitative estimate of drug-likeness (QED) is 0.444. The molecule has 0 atom stereocenters. The number of carbonyl (C=O) groups is 1. The van der Waals surface area contributed by atoms with Crippen LogP contribution in [0.3, 0.4) is 0 Å². The van der Waals surface area contributed by atoms with E-state index in [1.165, 1.54) is 18.2 Å². The first-order valence-electron chi connectivity index (χ1n) is 4.43. The molecule has 1 aliphatic heterocycles. The molecule has 6 heteroatoms. The van der Waals surface area contributed by atoms with Crippen LogP contribution in [0.1, 0.15) is 10.4 Å². The molecule has 6 nitrogen and oxygen atoms in total. The SMILES string of the molecule is NC(=O)c1cccc([N+](=O)[O-])c1N1CC1. The van der Waals surface area contributed by atoms with Gasteiger partial charge in [-0.3, -0.25) is 14.9 Å². The maximum absolute atomic E-state index is 11.1. The minimum atomic E-state index is -0.638. The van der Waals surface area contributed by atoms with Crippen molar-refractivity contribution in [3.8, 4) is 0 Å². The van der Waals surface area contributed by atoms with Crippen molar-refractivity contribution < 1.29 is 9.72 Å². The second kappa shape index (κ2) is 3.23. The van der Waals surface area contributed by atoms with E-state index in [2.05, 4.69) is 0 Å². The second-order valence-electron chi connectivity index (χ2n) is 3.28. The lowest BCUT2D eigenvalue weighted by Gasteiger charge is -2.07. The van der Waals surface area contributed by atoms with Crippen LogP contribution in [0.5, 0.6) is 0 Å². The first-order valence-corrected chi connectivity index (χ1v) is 4.43. The zero-order chi connectivity index (χ0) is 11.0. The van der Waals surface area contributed by atoms with Crippen molar-refractivity contribution in [3.05, 3.63) is 33.9 Å². The van der Waals surface area contributed by atoms with Crippen LogP contribution >= 0.6 is 0 Å². The Labute approximate surface area is 85.4 Å². The molecular formula is C9H9N3O3. The Morgan fingerprint density at radius 3 is 2.60 bits per heavy atom. The average molecular weight is 207 g/mol. The van der Waals surface area contributed by atoms with Crippen LogP contribution < -0.4 is 10.6 Å². The number of nitro groups is 1. The van der Waals surface area contributed by atoms with E-state index < -0.39 is 10.8 Å². The molecule has 0 bridgehead atoms. The van der Waals surface area contributed by atoms with E-state index in [0.29, 0.717) is 5.69 Å². The van der Waals surface area contributed by atoms with Crippen LogP contribution in [0.15, 0.2) is 18.2 Å². The molecule has 0 aliphatic carbocycles. The lowest BCUT2D eigenvalue weighted by Crippen LogP contribution is -2.14. The van der Waals surface area contributed by atoms with E-state index in [1.54, 1.807) is 4.90 Å². The van der Waals surface area contributed by atoms with Crippen molar-refractivity contribution in [1.82, 2.24) is 0 Å². The van der Waals surface area contributed by atoms with Gasteiger partial charge in [-0.1, -0.05) is 6.07 Å². The Morgan fingerprint density at radius 1 is 1.47 bits per heavy atom. The summed E-state index contributed by atoms with van der Waals surface area (Å²) in [5, 5.41) is 10.8. The number of carbonyl (C=O) groups excluding carboxylic acids is 1. The molecule has 1 amide bonds. The number of nitrogens with zero attached hydrogens (tertiary/aromatic N) is 2. The largest absolute Gasteiger partial charge is 0.366 e. The highest BCUT2D eigenvalue weighted by molar-refractivity contribution is 6.01. The fourth-order valence-electron chi connectivity index (χ4n) is 1.48. The molecule has 0 radical (unpaired) electrons. The van der Waals surface area contributed by atoms with E-state index in [-0.39, 0.29) is 11.3 Å². The van der Waals surface area contributed by atoms with Crippen molar-refractivity contribution in [2.75, 3.05) is 18.0 Å². The number of hydrogen-bond acceptors (Lipinski definition) is 4. The van der Waals surface area contributed by atoms with Gasteiger partial charge in [0.05, 0.1) is 10.5 Å².